The summed E-state index contributed by atoms with van der Waals surface area (Å²) in [5.74, 6) is -0.186. The van der Waals surface area contributed by atoms with Gasteiger partial charge in [0.05, 0.1) is 7.11 Å². The highest BCUT2D eigenvalue weighted by Gasteiger charge is 2.23. The van der Waals surface area contributed by atoms with Crippen LogP contribution in [0.3, 0.4) is 0 Å². The van der Waals surface area contributed by atoms with Gasteiger partial charge in [0.1, 0.15) is 0 Å². The number of nitrogens with zero attached hydrogens (tertiary/aromatic N) is 1. The van der Waals surface area contributed by atoms with Crippen molar-refractivity contribution in [2.45, 2.75) is 25.5 Å². The number of hydrogen-bond acceptors (Lipinski definition) is 4. The molecule has 7 heteroatoms. The van der Waals surface area contributed by atoms with Crippen LogP contribution in [-0.2, 0) is 0 Å². The third-order valence-electron chi connectivity index (χ3n) is 3.37. The Morgan fingerprint density at radius 2 is 2.19 bits per heavy atom. The summed E-state index contributed by atoms with van der Waals surface area (Å²) in [6.45, 7) is -1.80. The Morgan fingerprint density at radius 1 is 1.43 bits per heavy atom. The number of methoxy groups -OCH3 is 1. The molecule has 1 unspecified atom stereocenters. The van der Waals surface area contributed by atoms with Crippen LogP contribution in [0.15, 0.2) is 18.2 Å². The van der Waals surface area contributed by atoms with Crippen LogP contribution in [0.4, 0.5) is 8.78 Å². The summed E-state index contributed by atoms with van der Waals surface area (Å²) in [5.41, 5.74) is 6.22. The summed E-state index contributed by atoms with van der Waals surface area (Å²) in [6.07, 6.45) is 1.75. The van der Waals surface area contributed by atoms with Crippen molar-refractivity contribution in [2.24, 2.45) is 5.73 Å². The van der Waals surface area contributed by atoms with Gasteiger partial charge >= 0.3 is 6.61 Å². The molecule has 21 heavy (non-hydrogen) atoms. The SMILES string of the molecule is COc1cc(C(=O)N2CCCC(N)C2)ccc1OC(F)F. The van der Waals surface area contributed by atoms with Gasteiger partial charge in [-0.15, -0.1) is 0 Å². The van der Waals surface area contributed by atoms with Gasteiger partial charge in [0, 0.05) is 24.7 Å². The normalized spacial score (nSPS) is 18.7. The van der Waals surface area contributed by atoms with Gasteiger partial charge in [-0.2, -0.15) is 8.78 Å². The van der Waals surface area contributed by atoms with Crippen molar-refractivity contribution in [3.63, 3.8) is 0 Å². The molecule has 2 rings (SSSR count). The zero-order valence-corrected chi connectivity index (χ0v) is 11.7. The molecule has 1 amide bonds. The third-order valence-corrected chi connectivity index (χ3v) is 3.37. The lowest BCUT2D eigenvalue weighted by Crippen LogP contribution is -2.45. The molecule has 1 saturated heterocycles. The summed E-state index contributed by atoms with van der Waals surface area (Å²) < 4.78 is 33.8. The Labute approximate surface area is 121 Å². The van der Waals surface area contributed by atoms with Crippen LogP contribution in [-0.4, -0.2) is 43.7 Å². The quantitative estimate of drug-likeness (QED) is 0.922. The molecule has 1 aromatic carbocycles. The molecule has 1 fully saturated rings. The fraction of sp³-hybridized carbons (Fsp3) is 0.500. The Morgan fingerprint density at radius 3 is 2.81 bits per heavy atom. The van der Waals surface area contributed by atoms with E-state index in [9.17, 15) is 13.6 Å². The van der Waals surface area contributed by atoms with Gasteiger partial charge in [0.2, 0.25) is 0 Å². The number of amides is 1. The Kier molecular flexibility index (Phi) is 4.95. The van der Waals surface area contributed by atoms with Gasteiger partial charge in [-0.25, -0.2) is 0 Å². The molecule has 0 bridgehead atoms. The van der Waals surface area contributed by atoms with Crippen LogP contribution in [0.25, 0.3) is 0 Å². The first kappa shape index (κ1) is 15.5. The van der Waals surface area contributed by atoms with Gasteiger partial charge < -0.3 is 20.1 Å². The number of carbonyl (C=O) groups is 1. The second-order valence-electron chi connectivity index (χ2n) is 4.90. The van der Waals surface area contributed by atoms with E-state index in [2.05, 4.69) is 4.74 Å². The molecule has 116 valence electrons. The van der Waals surface area contributed by atoms with Gasteiger partial charge in [-0.3, -0.25) is 4.79 Å². The van der Waals surface area contributed by atoms with Crippen molar-refractivity contribution in [3.8, 4) is 11.5 Å². The molecule has 0 aliphatic carbocycles. The Bertz CT molecular complexity index is 511. The second kappa shape index (κ2) is 6.71. The van der Waals surface area contributed by atoms with E-state index in [0.717, 1.165) is 12.8 Å². The zero-order valence-electron chi connectivity index (χ0n) is 11.7. The first-order chi connectivity index (χ1) is 10.0. The molecular weight excluding hydrogens is 282 g/mol. The van der Waals surface area contributed by atoms with Crippen molar-refractivity contribution >= 4 is 5.91 Å². The average molecular weight is 300 g/mol. The van der Waals surface area contributed by atoms with E-state index in [4.69, 9.17) is 10.5 Å². The van der Waals surface area contributed by atoms with E-state index in [1.165, 1.54) is 25.3 Å². The van der Waals surface area contributed by atoms with E-state index < -0.39 is 6.61 Å². The van der Waals surface area contributed by atoms with E-state index in [-0.39, 0.29) is 23.4 Å². The molecule has 5 nitrogen and oxygen atoms in total. The highest BCUT2D eigenvalue weighted by Crippen LogP contribution is 2.30. The number of piperidine rings is 1. The number of halogens is 2. The number of benzene rings is 1. The molecule has 2 N–H and O–H groups in total. The second-order valence-corrected chi connectivity index (χ2v) is 4.90. The molecule has 0 spiro atoms. The van der Waals surface area contributed by atoms with Crippen LogP contribution in [0.1, 0.15) is 23.2 Å². The number of alkyl halides is 2. The zero-order chi connectivity index (χ0) is 15.4. The number of nitrogens with two attached hydrogens (primary N) is 1. The molecule has 1 aliphatic rings. The number of likely N-dealkylation sites (tertiary alicyclic amines) is 1. The predicted molar refractivity (Wildman–Crippen MR) is 72.7 cm³/mol. The topological polar surface area (TPSA) is 64.8 Å². The number of ether oxygens (including phenoxy) is 2. The number of rotatable bonds is 4. The summed E-state index contributed by atoms with van der Waals surface area (Å²) >= 11 is 0. The maximum Gasteiger partial charge on any atom is 0.387 e. The Balaban J connectivity index is 2.17. The van der Waals surface area contributed by atoms with Crippen molar-refractivity contribution in [3.05, 3.63) is 23.8 Å². The average Bonchev–Trinajstić information content (AvgIpc) is 2.46. The largest absolute Gasteiger partial charge is 0.493 e. The van der Waals surface area contributed by atoms with Crippen molar-refractivity contribution in [1.82, 2.24) is 4.90 Å². The van der Waals surface area contributed by atoms with Gasteiger partial charge in [0.15, 0.2) is 11.5 Å². The van der Waals surface area contributed by atoms with Crippen molar-refractivity contribution in [2.75, 3.05) is 20.2 Å². The van der Waals surface area contributed by atoms with Crippen LogP contribution < -0.4 is 15.2 Å². The van der Waals surface area contributed by atoms with E-state index in [1.54, 1.807) is 4.90 Å². The first-order valence-electron chi connectivity index (χ1n) is 6.69. The maximum absolute atomic E-state index is 12.4. The molecule has 0 aromatic heterocycles. The molecule has 1 aromatic rings. The minimum absolute atomic E-state index is 0.0222. The maximum atomic E-state index is 12.4. The predicted octanol–water partition coefficient (Wildman–Crippen LogP) is 1.86. The van der Waals surface area contributed by atoms with Gasteiger partial charge in [-0.05, 0) is 31.0 Å². The van der Waals surface area contributed by atoms with Crippen LogP contribution in [0, 0.1) is 0 Å². The standard InChI is InChI=1S/C14H18F2N2O3/c1-20-12-7-9(4-5-11(12)21-14(15)16)13(19)18-6-2-3-10(17)8-18/h4-5,7,10,14H,2-3,6,8,17H2,1H3. The summed E-state index contributed by atoms with van der Waals surface area (Å²) in [6, 6.07) is 4.14. The summed E-state index contributed by atoms with van der Waals surface area (Å²) in [5, 5.41) is 0. The van der Waals surface area contributed by atoms with E-state index in [0.29, 0.717) is 18.7 Å². The monoisotopic (exact) mass is 300 g/mol. The highest BCUT2D eigenvalue weighted by molar-refractivity contribution is 5.95. The fourth-order valence-electron chi connectivity index (χ4n) is 2.37. The van der Waals surface area contributed by atoms with Crippen molar-refractivity contribution < 1.29 is 23.0 Å². The lowest BCUT2D eigenvalue weighted by Gasteiger charge is -2.31. The van der Waals surface area contributed by atoms with E-state index in [1.807, 2.05) is 0 Å². The van der Waals surface area contributed by atoms with Crippen LogP contribution in [0.5, 0.6) is 11.5 Å². The molecule has 1 atom stereocenters. The van der Waals surface area contributed by atoms with Gasteiger partial charge in [-0.1, -0.05) is 0 Å². The Hall–Kier alpha value is -1.89. The van der Waals surface area contributed by atoms with Crippen LogP contribution >= 0.6 is 0 Å². The molecule has 0 saturated carbocycles. The molecule has 1 heterocycles. The molecule has 1 aliphatic heterocycles. The first-order valence-corrected chi connectivity index (χ1v) is 6.69. The van der Waals surface area contributed by atoms with Crippen molar-refractivity contribution in [1.29, 1.82) is 0 Å². The lowest BCUT2D eigenvalue weighted by atomic mass is 10.1. The minimum Gasteiger partial charge on any atom is -0.493 e. The van der Waals surface area contributed by atoms with Crippen LogP contribution in [0.2, 0.25) is 0 Å². The lowest BCUT2D eigenvalue weighted by molar-refractivity contribution is -0.0512. The number of carbonyl (C=O) groups excluding carboxylic acids is 1. The van der Waals surface area contributed by atoms with E-state index >= 15 is 0 Å². The summed E-state index contributed by atoms with van der Waals surface area (Å²) in [7, 11) is 1.33. The molecule has 0 radical (unpaired) electrons. The summed E-state index contributed by atoms with van der Waals surface area (Å²) in [4.78, 5) is 14.0. The number of hydrogen-bond donors (Lipinski definition) is 1. The third kappa shape index (κ3) is 3.81. The molecular formula is C14H18F2N2O3. The minimum atomic E-state index is -2.94. The fourth-order valence-corrected chi connectivity index (χ4v) is 2.37. The smallest absolute Gasteiger partial charge is 0.387 e. The highest BCUT2D eigenvalue weighted by atomic mass is 19.3. The van der Waals surface area contributed by atoms with Gasteiger partial charge in [0.25, 0.3) is 5.91 Å².